The maximum Gasteiger partial charge on any atom is 0.319 e. The van der Waals surface area contributed by atoms with Gasteiger partial charge in [-0.05, 0) is 43.0 Å². The highest BCUT2D eigenvalue weighted by Crippen LogP contribution is 2.19. The Kier molecular flexibility index (Phi) is 4.96. The molecule has 1 aliphatic rings. The second-order valence-electron chi connectivity index (χ2n) is 6.07. The second kappa shape index (κ2) is 7.31. The van der Waals surface area contributed by atoms with Crippen LogP contribution in [0.5, 0.6) is 0 Å². The number of aromatic nitrogens is 1. The molecule has 0 bridgehead atoms. The number of rotatable bonds is 4. The van der Waals surface area contributed by atoms with E-state index in [1.54, 1.807) is 29.0 Å². The van der Waals surface area contributed by atoms with Crippen LogP contribution in [-0.4, -0.2) is 27.9 Å². The number of nitrogens with zero attached hydrogens (tertiary/aromatic N) is 1. The number of amides is 2. The van der Waals surface area contributed by atoms with Crippen molar-refractivity contribution in [2.75, 3.05) is 5.32 Å². The number of benzene rings is 1. The van der Waals surface area contributed by atoms with Gasteiger partial charge in [-0.1, -0.05) is 18.2 Å². The van der Waals surface area contributed by atoms with E-state index in [-0.39, 0.29) is 17.6 Å². The largest absolute Gasteiger partial charge is 0.391 e. The van der Waals surface area contributed by atoms with Crippen LogP contribution in [-0.2, 0) is 6.54 Å². The smallest absolute Gasteiger partial charge is 0.319 e. The Labute approximate surface area is 140 Å². The number of carbonyl (C=O) groups excluding carboxylic acids is 1. The zero-order valence-corrected chi connectivity index (χ0v) is 13.3. The van der Waals surface area contributed by atoms with Crippen LogP contribution in [0, 0.1) is 0 Å². The number of anilines is 1. The summed E-state index contributed by atoms with van der Waals surface area (Å²) in [4.78, 5) is 23.7. The van der Waals surface area contributed by atoms with E-state index in [0.29, 0.717) is 12.2 Å². The Hall–Kier alpha value is -2.60. The van der Waals surface area contributed by atoms with E-state index in [1.165, 1.54) is 6.07 Å². The molecule has 6 nitrogen and oxygen atoms in total. The highest BCUT2D eigenvalue weighted by atomic mass is 16.3. The van der Waals surface area contributed by atoms with Crippen LogP contribution < -0.4 is 16.2 Å². The van der Waals surface area contributed by atoms with E-state index in [0.717, 1.165) is 24.8 Å². The first-order valence-corrected chi connectivity index (χ1v) is 8.12. The summed E-state index contributed by atoms with van der Waals surface area (Å²) in [5.74, 6) is 0. The number of pyridine rings is 1. The minimum absolute atomic E-state index is 0.0470. The Balaban J connectivity index is 1.57. The van der Waals surface area contributed by atoms with E-state index < -0.39 is 6.10 Å². The summed E-state index contributed by atoms with van der Waals surface area (Å²) >= 11 is 0. The van der Waals surface area contributed by atoms with Gasteiger partial charge in [0.1, 0.15) is 0 Å². The molecule has 2 atom stereocenters. The molecule has 1 aliphatic carbocycles. The van der Waals surface area contributed by atoms with Crippen molar-refractivity contribution in [2.24, 2.45) is 0 Å². The summed E-state index contributed by atoms with van der Waals surface area (Å²) in [6.07, 6.45) is 3.76. The molecule has 1 fully saturated rings. The summed E-state index contributed by atoms with van der Waals surface area (Å²) in [5.41, 5.74) is 1.60. The van der Waals surface area contributed by atoms with E-state index in [9.17, 15) is 14.7 Å². The molecule has 2 aromatic rings. The molecule has 3 N–H and O–H groups in total. The molecule has 1 aromatic heterocycles. The highest BCUT2D eigenvalue weighted by molar-refractivity contribution is 5.89. The first kappa shape index (κ1) is 16.3. The lowest BCUT2D eigenvalue weighted by molar-refractivity contribution is 0.151. The topological polar surface area (TPSA) is 83.4 Å². The molecule has 24 heavy (non-hydrogen) atoms. The monoisotopic (exact) mass is 327 g/mol. The van der Waals surface area contributed by atoms with Crippen molar-refractivity contribution in [2.45, 2.75) is 38.0 Å². The lowest BCUT2D eigenvalue weighted by Crippen LogP contribution is -2.42. The van der Waals surface area contributed by atoms with Crippen molar-refractivity contribution >= 4 is 11.7 Å². The van der Waals surface area contributed by atoms with Gasteiger partial charge in [0.15, 0.2) is 0 Å². The van der Waals surface area contributed by atoms with Gasteiger partial charge in [-0.25, -0.2) is 4.79 Å². The van der Waals surface area contributed by atoms with Crippen molar-refractivity contribution < 1.29 is 9.90 Å². The standard InChI is InChI=1S/C18H21N3O3/c22-16-5-3-4-15(16)20-18(24)19-14-9-7-13(8-10-14)12-21-11-2-1-6-17(21)23/h1-2,6-11,15-16,22H,3-5,12H2,(H2,19,20,24). The van der Waals surface area contributed by atoms with Gasteiger partial charge in [0, 0.05) is 18.0 Å². The summed E-state index contributed by atoms with van der Waals surface area (Å²) in [7, 11) is 0. The average Bonchev–Trinajstić information content (AvgIpc) is 2.96. The van der Waals surface area contributed by atoms with Crippen molar-refractivity contribution in [3.63, 3.8) is 0 Å². The molecule has 6 heteroatoms. The van der Waals surface area contributed by atoms with Crippen LogP contribution in [0.3, 0.4) is 0 Å². The maximum absolute atomic E-state index is 12.0. The third kappa shape index (κ3) is 4.02. The van der Waals surface area contributed by atoms with Gasteiger partial charge < -0.3 is 20.3 Å². The Morgan fingerprint density at radius 1 is 1.17 bits per heavy atom. The molecule has 0 radical (unpaired) electrons. The third-order valence-corrected chi connectivity index (χ3v) is 4.26. The third-order valence-electron chi connectivity index (χ3n) is 4.26. The molecule has 3 rings (SSSR count). The number of aliphatic hydroxyl groups excluding tert-OH is 1. The van der Waals surface area contributed by atoms with Gasteiger partial charge in [0.2, 0.25) is 0 Å². The Morgan fingerprint density at radius 3 is 2.62 bits per heavy atom. The number of aliphatic hydroxyl groups is 1. The SMILES string of the molecule is O=C(Nc1ccc(Cn2ccccc2=O)cc1)NC1CCCC1O. The van der Waals surface area contributed by atoms with Crippen molar-refractivity contribution in [1.29, 1.82) is 0 Å². The lowest BCUT2D eigenvalue weighted by atomic mass is 10.2. The molecule has 0 saturated heterocycles. The minimum atomic E-state index is -0.456. The predicted octanol–water partition coefficient (Wildman–Crippen LogP) is 1.93. The fourth-order valence-electron chi connectivity index (χ4n) is 2.93. The predicted molar refractivity (Wildman–Crippen MR) is 92.0 cm³/mol. The van der Waals surface area contributed by atoms with Gasteiger partial charge in [-0.15, -0.1) is 0 Å². The Morgan fingerprint density at radius 2 is 1.96 bits per heavy atom. The molecule has 2 amide bonds. The van der Waals surface area contributed by atoms with Crippen LogP contribution in [0.4, 0.5) is 10.5 Å². The van der Waals surface area contributed by atoms with Gasteiger partial charge in [0.25, 0.3) is 5.56 Å². The second-order valence-corrected chi connectivity index (χ2v) is 6.07. The fraction of sp³-hybridized carbons (Fsp3) is 0.333. The summed E-state index contributed by atoms with van der Waals surface area (Å²) in [6, 6.07) is 11.9. The molecular weight excluding hydrogens is 306 g/mol. The number of hydrogen-bond acceptors (Lipinski definition) is 3. The van der Waals surface area contributed by atoms with Gasteiger partial charge in [0.05, 0.1) is 18.7 Å². The average molecular weight is 327 g/mol. The maximum atomic E-state index is 12.0. The van der Waals surface area contributed by atoms with Gasteiger partial charge >= 0.3 is 6.03 Å². The van der Waals surface area contributed by atoms with E-state index >= 15 is 0 Å². The molecule has 1 saturated carbocycles. The zero-order valence-electron chi connectivity index (χ0n) is 13.3. The number of carbonyl (C=O) groups is 1. The number of nitrogens with one attached hydrogen (secondary N) is 2. The number of urea groups is 1. The minimum Gasteiger partial charge on any atom is -0.391 e. The van der Waals surface area contributed by atoms with E-state index in [2.05, 4.69) is 10.6 Å². The molecular formula is C18H21N3O3. The molecule has 2 unspecified atom stereocenters. The summed E-state index contributed by atoms with van der Waals surface area (Å²) < 4.78 is 1.62. The van der Waals surface area contributed by atoms with E-state index in [4.69, 9.17) is 0 Å². The number of hydrogen-bond donors (Lipinski definition) is 3. The van der Waals surface area contributed by atoms with Crippen LogP contribution in [0.25, 0.3) is 0 Å². The van der Waals surface area contributed by atoms with E-state index in [1.807, 2.05) is 18.2 Å². The first-order chi connectivity index (χ1) is 11.6. The highest BCUT2D eigenvalue weighted by Gasteiger charge is 2.26. The summed E-state index contributed by atoms with van der Waals surface area (Å²) in [6.45, 7) is 0.487. The lowest BCUT2D eigenvalue weighted by Gasteiger charge is -2.17. The zero-order chi connectivity index (χ0) is 16.9. The van der Waals surface area contributed by atoms with Crippen molar-refractivity contribution in [3.8, 4) is 0 Å². The van der Waals surface area contributed by atoms with Gasteiger partial charge in [-0.2, -0.15) is 0 Å². The molecule has 0 aliphatic heterocycles. The van der Waals surface area contributed by atoms with Crippen molar-refractivity contribution in [1.82, 2.24) is 9.88 Å². The molecule has 1 heterocycles. The quantitative estimate of drug-likeness (QED) is 0.802. The van der Waals surface area contributed by atoms with Crippen LogP contribution >= 0.6 is 0 Å². The normalized spacial score (nSPS) is 19.9. The van der Waals surface area contributed by atoms with Crippen LogP contribution in [0.15, 0.2) is 53.5 Å². The Bertz CT molecular complexity index is 755. The molecule has 0 spiro atoms. The van der Waals surface area contributed by atoms with Gasteiger partial charge in [-0.3, -0.25) is 4.79 Å². The van der Waals surface area contributed by atoms with Crippen LogP contribution in [0.2, 0.25) is 0 Å². The molecule has 126 valence electrons. The molecule has 1 aromatic carbocycles. The fourth-order valence-corrected chi connectivity index (χ4v) is 2.93. The van der Waals surface area contributed by atoms with Crippen molar-refractivity contribution in [3.05, 3.63) is 64.6 Å². The first-order valence-electron chi connectivity index (χ1n) is 8.12. The van der Waals surface area contributed by atoms with Crippen LogP contribution in [0.1, 0.15) is 24.8 Å². The summed E-state index contributed by atoms with van der Waals surface area (Å²) in [5, 5.41) is 15.3.